The molecule has 1 amide bonds. The number of aromatic amines is 1. The summed E-state index contributed by atoms with van der Waals surface area (Å²) < 4.78 is 0. The van der Waals surface area contributed by atoms with Crippen LogP contribution in [0.15, 0.2) is 54.9 Å². The smallest absolute Gasteiger partial charge is 0.253 e. The van der Waals surface area contributed by atoms with Gasteiger partial charge in [-0.05, 0) is 17.7 Å². The highest BCUT2D eigenvalue weighted by molar-refractivity contribution is 6.05. The normalized spacial score (nSPS) is 12.2. The minimum atomic E-state index is -0.173. The molecule has 0 saturated heterocycles. The lowest BCUT2D eigenvalue weighted by atomic mass is 10.00. The lowest BCUT2D eigenvalue weighted by molar-refractivity contribution is 0.0949. The van der Waals surface area contributed by atoms with Crippen LogP contribution >= 0.6 is 0 Å². The molecule has 0 fully saturated rings. The van der Waals surface area contributed by atoms with Crippen LogP contribution in [0.25, 0.3) is 11.0 Å². The van der Waals surface area contributed by atoms with Crippen molar-refractivity contribution in [2.45, 2.75) is 5.92 Å². The monoisotopic (exact) mass is 295 g/mol. The van der Waals surface area contributed by atoms with Crippen LogP contribution in [0.3, 0.4) is 0 Å². The van der Waals surface area contributed by atoms with E-state index in [-0.39, 0.29) is 18.4 Å². The summed E-state index contributed by atoms with van der Waals surface area (Å²) in [7, 11) is 0. The van der Waals surface area contributed by atoms with E-state index in [1.54, 1.807) is 18.5 Å². The lowest BCUT2D eigenvalue weighted by Gasteiger charge is -2.15. The third-order valence-corrected chi connectivity index (χ3v) is 3.70. The Balaban J connectivity index is 1.72. The number of H-pyrrole nitrogens is 1. The van der Waals surface area contributed by atoms with Crippen LogP contribution in [0.4, 0.5) is 0 Å². The fraction of sp³-hybridized carbons (Fsp3) is 0.176. The number of aromatic nitrogens is 2. The Kier molecular flexibility index (Phi) is 4.16. The van der Waals surface area contributed by atoms with E-state index in [0.29, 0.717) is 17.8 Å². The predicted molar refractivity (Wildman–Crippen MR) is 84.7 cm³/mol. The molecule has 0 saturated carbocycles. The number of rotatable bonds is 5. The molecular formula is C17H17N3O2. The van der Waals surface area contributed by atoms with Gasteiger partial charge in [0.25, 0.3) is 5.91 Å². The largest absolute Gasteiger partial charge is 0.396 e. The summed E-state index contributed by atoms with van der Waals surface area (Å²) in [6, 6.07) is 13.3. The van der Waals surface area contributed by atoms with Crippen molar-refractivity contribution in [1.82, 2.24) is 15.3 Å². The van der Waals surface area contributed by atoms with Crippen molar-refractivity contribution in [3.63, 3.8) is 0 Å². The van der Waals surface area contributed by atoms with Crippen molar-refractivity contribution >= 4 is 16.9 Å². The Hall–Kier alpha value is -2.66. The summed E-state index contributed by atoms with van der Waals surface area (Å²) in [4.78, 5) is 19.5. The number of nitrogens with zero attached hydrogens (tertiary/aromatic N) is 1. The van der Waals surface area contributed by atoms with Gasteiger partial charge < -0.3 is 15.4 Å². The number of pyridine rings is 1. The molecule has 1 aromatic carbocycles. The number of benzene rings is 1. The van der Waals surface area contributed by atoms with Gasteiger partial charge in [0.1, 0.15) is 5.65 Å². The maximum Gasteiger partial charge on any atom is 0.253 e. The average Bonchev–Trinajstić information content (AvgIpc) is 3.00. The Morgan fingerprint density at radius 1 is 1.23 bits per heavy atom. The second kappa shape index (κ2) is 6.41. The molecule has 3 aromatic rings. The highest BCUT2D eigenvalue weighted by atomic mass is 16.3. The highest BCUT2D eigenvalue weighted by Gasteiger charge is 2.15. The van der Waals surface area contributed by atoms with Gasteiger partial charge in [-0.2, -0.15) is 0 Å². The van der Waals surface area contributed by atoms with Gasteiger partial charge in [0.2, 0.25) is 0 Å². The summed E-state index contributed by atoms with van der Waals surface area (Å²) in [5.74, 6) is -0.290. The molecule has 1 atom stereocenters. The molecule has 0 aliphatic rings. The molecule has 0 spiro atoms. The van der Waals surface area contributed by atoms with Crippen LogP contribution in [0.2, 0.25) is 0 Å². The van der Waals surface area contributed by atoms with Crippen LogP contribution in [0.1, 0.15) is 21.8 Å². The molecular weight excluding hydrogens is 278 g/mol. The van der Waals surface area contributed by atoms with Gasteiger partial charge >= 0.3 is 0 Å². The molecule has 0 bridgehead atoms. The number of aliphatic hydroxyl groups excluding tert-OH is 1. The number of hydrogen-bond acceptors (Lipinski definition) is 3. The fourth-order valence-corrected chi connectivity index (χ4v) is 2.47. The van der Waals surface area contributed by atoms with Crippen LogP contribution in [0, 0.1) is 0 Å². The molecule has 5 nitrogen and oxygen atoms in total. The molecule has 3 rings (SSSR count). The number of aliphatic hydroxyl groups is 1. The Bertz CT molecular complexity index is 768. The molecule has 0 aliphatic carbocycles. The molecule has 0 aliphatic heterocycles. The third-order valence-electron chi connectivity index (χ3n) is 3.70. The van der Waals surface area contributed by atoms with E-state index in [1.165, 1.54) is 0 Å². The van der Waals surface area contributed by atoms with Gasteiger partial charge in [-0.15, -0.1) is 0 Å². The van der Waals surface area contributed by atoms with Crippen LogP contribution in [-0.2, 0) is 0 Å². The summed E-state index contributed by atoms with van der Waals surface area (Å²) in [5, 5.41) is 13.2. The third kappa shape index (κ3) is 2.84. The number of carbonyl (C=O) groups excluding carboxylic acids is 1. The zero-order valence-corrected chi connectivity index (χ0v) is 12.0. The van der Waals surface area contributed by atoms with E-state index in [4.69, 9.17) is 0 Å². The first-order valence-electron chi connectivity index (χ1n) is 7.15. The Morgan fingerprint density at radius 3 is 2.82 bits per heavy atom. The Labute approximate surface area is 128 Å². The molecule has 112 valence electrons. The van der Waals surface area contributed by atoms with Crippen molar-refractivity contribution in [3.8, 4) is 0 Å². The van der Waals surface area contributed by atoms with Crippen molar-refractivity contribution in [1.29, 1.82) is 0 Å². The SMILES string of the molecule is O=C(NCC(CO)c1ccccc1)c1c[nH]c2ncccc12. The van der Waals surface area contributed by atoms with Crippen LogP contribution in [-0.4, -0.2) is 34.1 Å². The summed E-state index contributed by atoms with van der Waals surface area (Å²) in [6.07, 6.45) is 3.33. The zero-order valence-electron chi connectivity index (χ0n) is 12.0. The molecule has 5 heteroatoms. The van der Waals surface area contributed by atoms with Gasteiger partial charge in [-0.3, -0.25) is 4.79 Å². The molecule has 1 unspecified atom stereocenters. The van der Waals surface area contributed by atoms with E-state index in [2.05, 4.69) is 15.3 Å². The maximum absolute atomic E-state index is 12.3. The second-order valence-electron chi connectivity index (χ2n) is 5.10. The predicted octanol–water partition coefficient (Wildman–Crippen LogP) is 2.07. The van der Waals surface area contributed by atoms with E-state index >= 15 is 0 Å². The molecule has 3 N–H and O–H groups in total. The molecule has 22 heavy (non-hydrogen) atoms. The standard InChI is InChI=1S/C17H17N3O2/c21-11-13(12-5-2-1-3-6-12)9-20-17(22)15-10-19-16-14(15)7-4-8-18-16/h1-8,10,13,21H,9,11H2,(H,18,19)(H,20,22). The summed E-state index contributed by atoms with van der Waals surface area (Å²) >= 11 is 0. The summed E-state index contributed by atoms with van der Waals surface area (Å²) in [5.41, 5.74) is 2.26. The minimum Gasteiger partial charge on any atom is -0.396 e. The number of nitrogens with one attached hydrogen (secondary N) is 2. The quantitative estimate of drug-likeness (QED) is 0.674. The van der Waals surface area contributed by atoms with Crippen molar-refractivity contribution < 1.29 is 9.90 Å². The lowest BCUT2D eigenvalue weighted by Crippen LogP contribution is -2.29. The van der Waals surface area contributed by atoms with E-state index in [9.17, 15) is 9.90 Å². The van der Waals surface area contributed by atoms with Crippen LogP contribution < -0.4 is 5.32 Å². The first-order valence-corrected chi connectivity index (χ1v) is 7.15. The zero-order chi connectivity index (χ0) is 15.4. The van der Waals surface area contributed by atoms with Crippen molar-refractivity contribution in [3.05, 3.63) is 66.0 Å². The molecule has 0 radical (unpaired) electrons. The van der Waals surface area contributed by atoms with Gasteiger partial charge in [0.15, 0.2) is 0 Å². The maximum atomic E-state index is 12.3. The number of amides is 1. The van der Waals surface area contributed by atoms with Gasteiger partial charge in [-0.1, -0.05) is 30.3 Å². The average molecular weight is 295 g/mol. The van der Waals surface area contributed by atoms with Gasteiger partial charge in [0.05, 0.1) is 12.2 Å². The number of fused-ring (bicyclic) bond motifs is 1. The van der Waals surface area contributed by atoms with Gasteiger partial charge in [0, 0.05) is 30.2 Å². The number of hydrogen-bond donors (Lipinski definition) is 3. The van der Waals surface area contributed by atoms with Crippen molar-refractivity contribution in [2.24, 2.45) is 0 Å². The summed E-state index contributed by atoms with van der Waals surface area (Å²) in [6.45, 7) is 0.367. The minimum absolute atomic E-state index is 0.0142. The molecule has 2 heterocycles. The van der Waals surface area contributed by atoms with E-state index < -0.39 is 0 Å². The number of carbonyl (C=O) groups is 1. The Morgan fingerprint density at radius 2 is 2.05 bits per heavy atom. The van der Waals surface area contributed by atoms with Crippen molar-refractivity contribution in [2.75, 3.05) is 13.2 Å². The highest BCUT2D eigenvalue weighted by Crippen LogP contribution is 2.17. The molecule has 2 aromatic heterocycles. The van der Waals surface area contributed by atoms with Gasteiger partial charge in [-0.25, -0.2) is 4.98 Å². The van der Waals surface area contributed by atoms with E-state index in [0.717, 1.165) is 10.9 Å². The van der Waals surface area contributed by atoms with Crippen LogP contribution in [0.5, 0.6) is 0 Å². The van der Waals surface area contributed by atoms with E-state index in [1.807, 2.05) is 36.4 Å². The first kappa shape index (κ1) is 14.3. The second-order valence-corrected chi connectivity index (χ2v) is 5.10. The first-order chi connectivity index (χ1) is 10.8. The fourth-order valence-electron chi connectivity index (χ4n) is 2.47. The topological polar surface area (TPSA) is 78.0 Å².